The molecular formula is C10H12OOs. The molecule has 0 N–H and O–H groups in total. The number of hydrogen-bond donors (Lipinski definition) is 0. The SMILES string of the molecule is Cc1cc(C)cc(C)c1.[C-]#[O+].[Os]. The molecule has 0 saturated carbocycles. The van der Waals surface area contributed by atoms with Crippen molar-refractivity contribution in [2.24, 2.45) is 0 Å². The molecule has 12 heavy (non-hydrogen) atoms. The molecular weight excluding hydrogens is 326 g/mol. The zero-order chi connectivity index (χ0) is 8.85. The van der Waals surface area contributed by atoms with Gasteiger partial charge in [-0.25, -0.2) is 0 Å². The Morgan fingerprint density at radius 1 is 0.833 bits per heavy atom. The van der Waals surface area contributed by atoms with Crippen LogP contribution >= 0.6 is 0 Å². The Hall–Kier alpha value is -0.404. The van der Waals surface area contributed by atoms with Gasteiger partial charge in [0.25, 0.3) is 0 Å². The van der Waals surface area contributed by atoms with Crippen molar-refractivity contribution in [3.8, 4) is 0 Å². The third kappa shape index (κ3) is 5.27. The predicted molar refractivity (Wildman–Crippen MR) is 44.6 cm³/mol. The first kappa shape index (κ1) is 14.1. The molecule has 0 fully saturated rings. The molecule has 1 aromatic rings. The summed E-state index contributed by atoms with van der Waals surface area (Å²) < 4.78 is 7.50. The molecule has 2 heteroatoms. The quantitative estimate of drug-likeness (QED) is 0.512. The van der Waals surface area contributed by atoms with Crippen LogP contribution in [0.4, 0.5) is 0 Å². The van der Waals surface area contributed by atoms with E-state index in [-0.39, 0.29) is 19.8 Å². The van der Waals surface area contributed by atoms with E-state index in [0.717, 1.165) is 0 Å². The standard InChI is InChI=1S/C9H12.CO.Os/c1-7-4-8(2)6-9(3)5-7;1-2;/h4-6H,1-3H3;;. The number of hydrogen-bond acceptors (Lipinski definition) is 0. The van der Waals surface area contributed by atoms with Crippen molar-refractivity contribution in [2.75, 3.05) is 0 Å². The molecule has 0 atom stereocenters. The zero-order valence-corrected chi connectivity index (χ0v) is 10.0. The summed E-state index contributed by atoms with van der Waals surface area (Å²) in [6.45, 7) is 10.9. The first-order valence-electron chi connectivity index (χ1n) is 3.44. The van der Waals surface area contributed by atoms with Gasteiger partial charge in [0.1, 0.15) is 0 Å². The molecule has 0 radical (unpaired) electrons. The van der Waals surface area contributed by atoms with Crippen LogP contribution in [0.2, 0.25) is 0 Å². The van der Waals surface area contributed by atoms with Crippen LogP contribution < -0.4 is 0 Å². The van der Waals surface area contributed by atoms with Crippen LogP contribution in [0.3, 0.4) is 0 Å². The Balaban J connectivity index is 0. The second-order valence-electron chi connectivity index (χ2n) is 2.67. The smallest absolute Gasteiger partial charge is 0 e. The van der Waals surface area contributed by atoms with Crippen molar-refractivity contribution in [1.82, 2.24) is 0 Å². The molecule has 0 aliphatic carbocycles. The maximum absolute atomic E-state index is 7.50. The van der Waals surface area contributed by atoms with Gasteiger partial charge in [-0.05, 0) is 20.8 Å². The van der Waals surface area contributed by atoms with Crippen LogP contribution in [-0.4, -0.2) is 0 Å². The van der Waals surface area contributed by atoms with E-state index in [2.05, 4.69) is 45.6 Å². The Morgan fingerprint density at radius 2 is 1.00 bits per heavy atom. The number of benzene rings is 1. The van der Waals surface area contributed by atoms with E-state index in [1.807, 2.05) is 0 Å². The van der Waals surface area contributed by atoms with Gasteiger partial charge in [-0.2, -0.15) is 0 Å². The van der Waals surface area contributed by atoms with E-state index in [0.29, 0.717) is 0 Å². The summed E-state index contributed by atoms with van der Waals surface area (Å²) in [6, 6.07) is 6.56. The summed E-state index contributed by atoms with van der Waals surface area (Å²) in [6.07, 6.45) is 0. The van der Waals surface area contributed by atoms with Crippen LogP contribution in [0.25, 0.3) is 0 Å². The fraction of sp³-hybridized carbons (Fsp3) is 0.300. The van der Waals surface area contributed by atoms with Gasteiger partial charge >= 0.3 is 11.3 Å². The number of aryl methyl sites for hydroxylation is 3. The molecule has 0 saturated heterocycles. The minimum atomic E-state index is 0. The van der Waals surface area contributed by atoms with Gasteiger partial charge in [-0.15, -0.1) is 0 Å². The molecule has 1 aromatic carbocycles. The molecule has 0 spiro atoms. The van der Waals surface area contributed by atoms with Gasteiger partial charge in [0.05, 0.1) is 0 Å². The van der Waals surface area contributed by atoms with Crippen LogP contribution in [0.15, 0.2) is 18.2 Å². The molecule has 0 amide bonds. The minimum absolute atomic E-state index is 0. The molecule has 0 aliphatic heterocycles. The van der Waals surface area contributed by atoms with E-state index in [1.165, 1.54) is 16.7 Å². The Labute approximate surface area is 87.0 Å². The fourth-order valence-corrected chi connectivity index (χ4v) is 1.20. The van der Waals surface area contributed by atoms with Crippen molar-refractivity contribution in [1.29, 1.82) is 0 Å². The molecule has 0 aromatic heterocycles. The van der Waals surface area contributed by atoms with E-state index >= 15 is 0 Å². The third-order valence-electron chi connectivity index (χ3n) is 1.37. The maximum atomic E-state index is 7.50. The monoisotopic (exact) mass is 340 g/mol. The number of rotatable bonds is 0. The van der Waals surface area contributed by atoms with E-state index in [4.69, 9.17) is 4.65 Å². The Kier molecular flexibility index (Phi) is 8.55. The molecule has 0 aliphatic rings. The topological polar surface area (TPSA) is 19.9 Å². The van der Waals surface area contributed by atoms with Gasteiger partial charge < -0.3 is 0 Å². The second kappa shape index (κ2) is 7.26. The zero-order valence-electron chi connectivity index (χ0n) is 7.49. The summed E-state index contributed by atoms with van der Waals surface area (Å²) >= 11 is 0. The van der Waals surface area contributed by atoms with Gasteiger partial charge in [-0.1, -0.05) is 34.9 Å². The largest absolute Gasteiger partial charge is 0 e. The average molecular weight is 338 g/mol. The third-order valence-corrected chi connectivity index (χ3v) is 1.37. The molecule has 1 nitrogen and oxygen atoms in total. The Morgan fingerprint density at radius 3 is 1.17 bits per heavy atom. The van der Waals surface area contributed by atoms with Crippen molar-refractivity contribution < 1.29 is 24.4 Å². The Bertz CT molecular complexity index is 203. The van der Waals surface area contributed by atoms with Crippen LogP contribution in [0, 0.1) is 27.4 Å². The maximum Gasteiger partial charge on any atom is 0 e. The molecule has 0 heterocycles. The van der Waals surface area contributed by atoms with Gasteiger partial charge in [0.2, 0.25) is 0 Å². The molecule has 1 rings (SSSR count). The van der Waals surface area contributed by atoms with Crippen molar-refractivity contribution in [3.63, 3.8) is 0 Å². The summed E-state index contributed by atoms with van der Waals surface area (Å²) in [7, 11) is 0. The second-order valence-corrected chi connectivity index (χ2v) is 2.67. The van der Waals surface area contributed by atoms with Crippen LogP contribution in [-0.2, 0) is 24.4 Å². The normalized spacial score (nSPS) is 7.42. The van der Waals surface area contributed by atoms with Crippen molar-refractivity contribution in [3.05, 3.63) is 41.5 Å². The predicted octanol–water partition coefficient (Wildman–Crippen LogP) is 2.57. The van der Waals surface area contributed by atoms with Crippen molar-refractivity contribution >= 4 is 0 Å². The van der Waals surface area contributed by atoms with Gasteiger partial charge in [-0.3, -0.25) is 0 Å². The van der Waals surface area contributed by atoms with Gasteiger partial charge in [0.15, 0.2) is 0 Å². The van der Waals surface area contributed by atoms with Crippen LogP contribution in [0.5, 0.6) is 0 Å². The summed E-state index contributed by atoms with van der Waals surface area (Å²) in [5.74, 6) is 0. The van der Waals surface area contributed by atoms with E-state index in [1.54, 1.807) is 0 Å². The van der Waals surface area contributed by atoms with Gasteiger partial charge in [0, 0.05) is 19.8 Å². The van der Waals surface area contributed by atoms with Crippen molar-refractivity contribution in [2.45, 2.75) is 20.8 Å². The minimum Gasteiger partial charge on any atom is 0 e. The van der Waals surface area contributed by atoms with E-state index in [9.17, 15) is 0 Å². The summed E-state index contributed by atoms with van der Waals surface area (Å²) in [4.78, 5) is 0. The van der Waals surface area contributed by atoms with E-state index < -0.39 is 0 Å². The van der Waals surface area contributed by atoms with Crippen LogP contribution in [0.1, 0.15) is 16.7 Å². The molecule has 0 bridgehead atoms. The molecule has 0 unspecified atom stereocenters. The summed E-state index contributed by atoms with van der Waals surface area (Å²) in [5.41, 5.74) is 4.06. The summed E-state index contributed by atoms with van der Waals surface area (Å²) in [5, 5.41) is 0. The first-order chi connectivity index (χ1) is 5.18. The fourth-order valence-electron chi connectivity index (χ4n) is 1.20. The average Bonchev–Trinajstić information content (AvgIpc) is 1.88. The molecule has 66 valence electrons. The first-order valence-corrected chi connectivity index (χ1v) is 3.44.